The van der Waals surface area contributed by atoms with E-state index in [0.717, 1.165) is 5.56 Å². The molecular weight excluding hydrogens is 243 g/mol. The van der Waals surface area contributed by atoms with Gasteiger partial charge in [-0.1, -0.05) is 6.92 Å². The number of nitrogens with one attached hydrogen (secondary N) is 1. The number of rotatable bonds is 6. The maximum Gasteiger partial charge on any atom is 0.389 e. The van der Waals surface area contributed by atoms with Crippen molar-refractivity contribution in [3.8, 4) is 0 Å². The van der Waals surface area contributed by atoms with Crippen LogP contribution in [-0.2, 0) is 0 Å². The summed E-state index contributed by atoms with van der Waals surface area (Å²) < 4.78 is 36.3. The predicted molar refractivity (Wildman–Crippen MR) is 63.1 cm³/mol. The molecule has 102 valence electrons. The summed E-state index contributed by atoms with van der Waals surface area (Å²) >= 11 is 0. The van der Waals surface area contributed by atoms with E-state index in [1.807, 2.05) is 13.8 Å². The summed E-state index contributed by atoms with van der Waals surface area (Å²) in [6, 6.07) is -0.210. The Labute approximate surface area is 105 Å². The highest BCUT2D eigenvalue weighted by Crippen LogP contribution is 2.25. The largest absolute Gasteiger partial charge is 0.389 e. The average molecular weight is 261 g/mol. The second kappa shape index (κ2) is 6.68. The Kier molecular flexibility index (Phi) is 5.53. The van der Waals surface area contributed by atoms with Crippen molar-refractivity contribution >= 4 is 0 Å². The highest BCUT2D eigenvalue weighted by molar-refractivity contribution is 5.04. The van der Waals surface area contributed by atoms with Crippen molar-refractivity contribution in [2.75, 3.05) is 6.54 Å². The van der Waals surface area contributed by atoms with Crippen LogP contribution in [-0.4, -0.2) is 22.7 Å². The third-order valence-corrected chi connectivity index (χ3v) is 2.52. The zero-order chi connectivity index (χ0) is 13.6. The third-order valence-electron chi connectivity index (χ3n) is 2.52. The Morgan fingerprint density at radius 2 is 1.89 bits per heavy atom. The van der Waals surface area contributed by atoms with E-state index in [0.29, 0.717) is 18.8 Å². The zero-order valence-corrected chi connectivity index (χ0v) is 10.6. The van der Waals surface area contributed by atoms with E-state index in [4.69, 9.17) is 0 Å². The van der Waals surface area contributed by atoms with E-state index >= 15 is 0 Å². The van der Waals surface area contributed by atoms with E-state index in [-0.39, 0.29) is 12.5 Å². The molecule has 0 saturated carbocycles. The molecule has 1 atom stereocenters. The number of nitrogens with zero attached hydrogens (tertiary/aromatic N) is 2. The number of hydrogen-bond donors (Lipinski definition) is 1. The highest BCUT2D eigenvalue weighted by atomic mass is 19.4. The minimum atomic E-state index is -4.09. The van der Waals surface area contributed by atoms with E-state index in [9.17, 15) is 13.2 Å². The summed E-state index contributed by atoms with van der Waals surface area (Å²) in [5.41, 5.74) is 0.935. The van der Waals surface area contributed by atoms with Crippen LogP contribution in [0.4, 0.5) is 13.2 Å². The molecule has 0 aliphatic rings. The maximum atomic E-state index is 12.1. The van der Waals surface area contributed by atoms with Gasteiger partial charge in [-0.15, -0.1) is 0 Å². The van der Waals surface area contributed by atoms with Crippen molar-refractivity contribution in [2.24, 2.45) is 0 Å². The molecule has 18 heavy (non-hydrogen) atoms. The smallest absolute Gasteiger partial charge is 0.308 e. The molecule has 1 aromatic heterocycles. The molecule has 0 aliphatic carbocycles. The molecule has 0 bridgehead atoms. The topological polar surface area (TPSA) is 37.8 Å². The van der Waals surface area contributed by atoms with Crippen LogP contribution in [0.1, 0.15) is 43.6 Å². The highest BCUT2D eigenvalue weighted by Gasteiger charge is 2.27. The summed E-state index contributed by atoms with van der Waals surface area (Å²) in [4.78, 5) is 8.31. The van der Waals surface area contributed by atoms with Crippen LogP contribution in [0, 0.1) is 6.92 Å². The van der Waals surface area contributed by atoms with Gasteiger partial charge in [0.15, 0.2) is 0 Å². The third kappa shape index (κ3) is 5.44. The Bertz CT molecular complexity index is 349. The Morgan fingerprint density at radius 1 is 1.28 bits per heavy atom. The molecule has 1 unspecified atom stereocenters. The van der Waals surface area contributed by atoms with Gasteiger partial charge in [0, 0.05) is 18.8 Å². The fourth-order valence-corrected chi connectivity index (χ4v) is 1.66. The van der Waals surface area contributed by atoms with E-state index in [1.54, 1.807) is 12.4 Å². The molecule has 3 nitrogen and oxygen atoms in total. The molecule has 0 aliphatic heterocycles. The van der Waals surface area contributed by atoms with Gasteiger partial charge in [-0.2, -0.15) is 13.2 Å². The molecule has 0 fully saturated rings. The van der Waals surface area contributed by atoms with Crippen molar-refractivity contribution in [3.05, 3.63) is 23.8 Å². The van der Waals surface area contributed by atoms with Crippen LogP contribution in [0.25, 0.3) is 0 Å². The molecule has 1 aromatic rings. The quantitative estimate of drug-likeness (QED) is 0.854. The molecule has 1 N–H and O–H groups in total. The summed E-state index contributed by atoms with van der Waals surface area (Å²) in [6.07, 6.45) is -1.03. The van der Waals surface area contributed by atoms with Crippen LogP contribution in [0.2, 0.25) is 0 Å². The summed E-state index contributed by atoms with van der Waals surface area (Å²) in [5.74, 6) is 0.560. The van der Waals surface area contributed by atoms with Crippen LogP contribution in [0.5, 0.6) is 0 Å². The van der Waals surface area contributed by atoms with Crippen molar-refractivity contribution in [1.82, 2.24) is 15.3 Å². The molecule has 1 rings (SSSR count). The maximum absolute atomic E-state index is 12.1. The number of aryl methyl sites for hydroxylation is 1. The van der Waals surface area contributed by atoms with Crippen LogP contribution in [0.3, 0.4) is 0 Å². The summed E-state index contributed by atoms with van der Waals surface area (Å²) in [5, 5.41) is 3.11. The number of hydrogen-bond acceptors (Lipinski definition) is 3. The minimum absolute atomic E-state index is 0.0817. The molecular formula is C12H18F3N3. The normalized spacial score (nSPS) is 13.6. The second-order valence-corrected chi connectivity index (χ2v) is 4.24. The van der Waals surface area contributed by atoms with Crippen molar-refractivity contribution in [2.45, 2.75) is 45.3 Å². The van der Waals surface area contributed by atoms with E-state index in [2.05, 4.69) is 15.3 Å². The Balaban J connectivity index is 2.57. The van der Waals surface area contributed by atoms with Gasteiger partial charge in [-0.3, -0.25) is 0 Å². The van der Waals surface area contributed by atoms with Crippen molar-refractivity contribution in [3.63, 3.8) is 0 Å². The Morgan fingerprint density at radius 3 is 2.39 bits per heavy atom. The minimum Gasteiger partial charge on any atom is -0.308 e. The van der Waals surface area contributed by atoms with Crippen LogP contribution >= 0.6 is 0 Å². The van der Waals surface area contributed by atoms with E-state index in [1.165, 1.54) is 0 Å². The monoisotopic (exact) mass is 261 g/mol. The summed E-state index contributed by atoms with van der Waals surface area (Å²) in [7, 11) is 0. The average Bonchev–Trinajstić information content (AvgIpc) is 2.27. The van der Waals surface area contributed by atoms with Gasteiger partial charge < -0.3 is 5.32 Å². The fourth-order valence-electron chi connectivity index (χ4n) is 1.66. The zero-order valence-electron chi connectivity index (χ0n) is 10.6. The first-order valence-corrected chi connectivity index (χ1v) is 6.01. The van der Waals surface area contributed by atoms with Gasteiger partial charge in [0.25, 0.3) is 0 Å². The summed E-state index contributed by atoms with van der Waals surface area (Å²) in [6.45, 7) is 4.45. The van der Waals surface area contributed by atoms with Crippen molar-refractivity contribution in [1.29, 1.82) is 0 Å². The van der Waals surface area contributed by atoms with Gasteiger partial charge in [-0.25, -0.2) is 9.97 Å². The number of aromatic nitrogens is 2. The molecule has 0 radical (unpaired) electrons. The standard InChI is InChI=1S/C12H18F3N3/c1-3-16-10(5-4-6-12(13,14)15)11-17-7-9(2)8-18-11/h7-8,10,16H,3-6H2,1-2H3. The first-order chi connectivity index (χ1) is 8.42. The number of alkyl halides is 3. The second-order valence-electron chi connectivity index (χ2n) is 4.24. The Hall–Kier alpha value is -1.17. The lowest BCUT2D eigenvalue weighted by Gasteiger charge is -2.16. The molecule has 0 aromatic carbocycles. The molecule has 0 spiro atoms. The fraction of sp³-hybridized carbons (Fsp3) is 0.667. The van der Waals surface area contributed by atoms with Gasteiger partial charge in [-0.05, 0) is 31.9 Å². The SMILES string of the molecule is CCNC(CCCC(F)(F)F)c1ncc(C)cn1. The molecule has 6 heteroatoms. The molecule has 0 amide bonds. The van der Waals surface area contributed by atoms with Crippen molar-refractivity contribution < 1.29 is 13.2 Å². The van der Waals surface area contributed by atoms with Gasteiger partial charge in [0.2, 0.25) is 0 Å². The first kappa shape index (κ1) is 14.9. The van der Waals surface area contributed by atoms with Gasteiger partial charge >= 0.3 is 6.18 Å². The van der Waals surface area contributed by atoms with Gasteiger partial charge in [0.1, 0.15) is 5.82 Å². The first-order valence-electron chi connectivity index (χ1n) is 6.01. The lowest BCUT2D eigenvalue weighted by atomic mass is 10.1. The van der Waals surface area contributed by atoms with Crippen LogP contribution < -0.4 is 5.32 Å². The lowest BCUT2D eigenvalue weighted by molar-refractivity contribution is -0.135. The molecule has 1 heterocycles. The lowest BCUT2D eigenvalue weighted by Crippen LogP contribution is -2.23. The predicted octanol–water partition coefficient (Wildman–Crippen LogP) is 3.17. The van der Waals surface area contributed by atoms with E-state index < -0.39 is 12.6 Å². The number of halogens is 3. The molecule has 0 saturated heterocycles. The van der Waals surface area contributed by atoms with Crippen LogP contribution in [0.15, 0.2) is 12.4 Å². The van der Waals surface area contributed by atoms with Gasteiger partial charge in [0.05, 0.1) is 6.04 Å².